The number of β-amino-alcohol motifs (C(OH)–C–C–N with tert-alkyl or cyclic N) is 1. The molecular weight excluding hydrogens is 511 g/mol. The Kier molecular flexibility index (Phi) is 8.51. The van der Waals surface area contributed by atoms with Gasteiger partial charge in [0.1, 0.15) is 7.05 Å². The van der Waals surface area contributed by atoms with Crippen LogP contribution in [0.5, 0.6) is 0 Å². The number of aromatic nitrogens is 1. The van der Waals surface area contributed by atoms with Crippen LogP contribution in [0.3, 0.4) is 0 Å². The molecule has 0 aliphatic carbocycles. The molecule has 1 fully saturated rings. The van der Waals surface area contributed by atoms with Crippen LogP contribution in [0.4, 0.5) is 11.4 Å². The number of pyridine rings is 1. The lowest BCUT2D eigenvalue weighted by molar-refractivity contribution is -0.646. The summed E-state index contributed by atoms with van der Waals surface area (Å²) in [5.74, 6) is 0. The predicted molar refractivity (Wildman–Crippen MR) is 131 cm³/mol. The number of aliphatic hydroxyl groups is 1. The minimum atomic E-state index is 0. The Morgan fingerprint density at radius 2 is 1.66 bits per heavy atom. The number of nitrogens with zero attached hydrogens (tertiary/aromatic N) is 4. The maximum Gasteiger partial charge on any atom is 0.214 e. The summed E-state index contributed by atoms with van der Waals surface area (Å²) in [5.41, 5.74) is 6.11. The van der Waals surface area contributed by atoms with Crippen molar-refractivity contribution in [3.8, 4) is 0 Å². The highest BCUT2D eigenvalue weighted by Crippen LogP contribution is 2.27. The number of hydrogen-bond donors (Lipinski definition) is 1. The van der Waals surface area contributed by atoms with E-state index in [9.17, 15) is 5.11 Å². The van der Waals surface area contributed by atoms with Crippen molar-refractivity contribution in [1.82, 2.24) is 4.90 Å². The summed E-state index contributed by atoms with van der Waals surface area (Å²) in [4.78, 5) is 6.93. The van der Waals surface area contributed by atoms with Crippen molar-refractivity contribution in [1.29, 1.82) is 0 Å². The molecule has 1 saturated heterocycles. The van der Waals surface area contributed by atoms with Crippen molar-refractivity contribution in [2.75, 3.05) is 63.2 Å². The van der Waals surface area contributed by atoms with E-state index in [0.29, 0.717) is 0 Å². The van der Waals surface area contributed by atoms with Crippen LogP contribution in [0.15, 0.2) is 54.6 Å². The molecule has 0 saturated carbocycles. The first-order valence-corrected chi connectivity index (χ1v) is 11.0. The van der Waals surface area contributed by atoms with Crippen molar-refractivity contribution in [3.63, 3.8) is 0 Å². The van der Waals surface area contributed by atoms with Gasteiger partial charge in [0.25, 0.3) is 0 Å². The lowest BCUT2D eigenvalue weighted by Crippen LogP contribution is -3.00. The Morgan fingerprint density at radius 1 is 0.969 bits per heavy atom. The summed E-state index contributed by atoms with van der Waals surface area (Å²) in [7, 11) is 6.26. The molecule has 4 rings (SSSR count). The van der Waals surface area contributed by atoms with E-state index >= 15 is 0 Å². The van der Waals surface area contributed by atoms with E-state index in [-0.39, 0.29) is 30.6 Å². The maximum atomic E-state index is 9.24. The summed E-state index contributed by atoms with van der Waals surface area (Å²) in [6.45, 7) is 4.92. The third-order valence-electron chi connectivity index (χ3n) is 6.20. The topological polar surface area (TPSA) is 33.8 Å². The zero-order valence-corrected chi connectivity index (χ0v) is 21.4. The number of anilines is 2. The monoisotopic (exact) mass is 544 g/mol. The standard InChI is InChI=1S/C26H33N4O.HI/c1-27(2)22-11-8-21(9-12-22)10-13-23-20-26(24-6-4-5-7-25(24)28(23)3)30-16-14-29(15-17-30)18-19-31;/h4-13,20,31H,14-19H2,1-3H3;1H/q+1;/p-1. The SMILES string of the molecule is CN(C)c1ccc(/C=C/c2cc(N3CCN(CCO)CC3)c3ccccc3[n+]2C)cc1.[I-]. The zero-order valence-electron chi connectivity index (χ0n) is 19.2. The molecule has 2 heterocycles. The van der Waals surface area contributed by atoms with Crippen LogP contribution >= 0.6 is 0 Å². The van der Waals surface area contributed by atoms with Gasteiger partial charge in [-0.2, -0.15) is 4.57 Å². The molecule has 0 atom stereocenters. The van der Waals surface area contributed by atoms with E-state index in [4.69, 9.17) is 0 Å². The number of para-hydroxylation sites is 1. The molecule has 5 nitrogen and oxygen atoms in total. The van der Waals surface area contributed by atoms with E-state index in [1.807, 2.05) is 0 Å². The highest BCUT2D eigenvalue weighted by Gasteiger charge is 2.22. The van der Waals surface area contributed by atoms with Gasteiger partial charge in [0.2, 0.25) is 11.2 Å². The van der Waals surface area contributed by atoms with Crippen LogP contribution in [0.25, 0.3) is 23.1 Å². The average Bonchev–Trinajstić information content (AvgIpc) is 2.80. The lowest BCUT2D eigenvalue weighted by Gasteiger charge is -2.36. The molecule has 1 N–H and O–H groups in total. The van der Waals surface area contributed by atoms with E-state index < -0.39 is 0 Å². The Labute approximate surface area is 208 Å². The number of rotatable bonds is 6. The molecule has 0 radical (unpaired) electrons. The summed E-state index contributed by atoms with van der Waals surface area (Å²) < 4.78 is 2.27. The second-order valence-corrected chi connectivity index (χ2v) is 8.40. The minimum absolute atomic E-state index is 0. The van der Waals surface area contributed by atoms with E-state index in [1.54, 1.807) is 0 Å². The molecule has 1 aliphatic heterocycles. The quantitative estimate of drug-likeness (QED) is 0.351. The van der Waals surface area contributed by atoms with Gasteiger partial charge in [-0.15, -0.1) is 0 Å². The third-order valence-corrected chi connectivity index (χ3v) is 6.20. The predicted octanol–water partition coefficient (Wildman–Crippen LogP) is 0.0190. The van der Waals surface area contributed by atoms with Gasteiger partial charge in [-0.3, -0.25) is 4.90 Å². The van der Waals surface area contributed by atoms with Crippen LogP contribution < -0.4 is 38.3 Å². The Morgan fingerprint density at radius 3 is 2.31 bits per heavy atom. The lowest BCUT2D eigenvalue weighted by atomic mass is 10.1. The second kappa shape index (κ2) is 11.1. The number of piperazine rings is 1. The van der Waals surface area contributed by atoms with Gasteiger partial charge in [-0.25, -0.2) is 0 Å². The summed E-state index contributed by atoms with van der Waals surface area (Å²) in [5, 5.41) is 10.5. The Balaban J connectivity index is 0.00000289. The second-order valence-electron chi connectivity index (χ2n) is 8.40. The van der Waals surface area contributed by atoms with Gasteiger partial charge in [-0.05, 0) is 29.8 Å². The Bertz CT molecular complexity index is 1060. The number of hydrogen-bond acceptors (Lipinski definition) is 4. The van der Waals surface area contributed by atoms with Crippen molar-refractivity contribution >= 4 is 34.4 Å². The maximum absolute atomic E-state index is 9.24. The van der Waals surface area contributed by atoms with Crippen LogP contribution in [0.1, 0.15) is 11.3 Å². The van der Waals surface area contributed by atoms with Gasteiger partial charge in [-0.1, -0.05) is 24.3 Å². The fraction of sp³-hybridized carbons (Fsp3) is 0.346. The number of fused-ring (bicyclic) bond motifs is 1. The summed E-state index contributed by atoms with van der Waals surface area (Å²) in [6.07, 6.45) is 4.40. The number of benzene rings is 2. The minimum Gasteiger partial charge on any atom is -1.00 e. The van der Waals surface area contributed by atoms with Crippen molar-refractivity contribution in [2.24, 2.45) is 7.05 Å². The highest BCUT2D eigenvalue weighted by atomic mass is 127. The molecule has 2 aromatic carbocycles. The van der Waals surface area contributed by atoms with Gasteiger partial charge >= 0.3 is 0 Å². The molecule has 3 aromatic rings. The summed E-state index contributed by atoms with van der Waals surface area (Å²) in [6, 6.07) is 19.6. The fourth-order valence-electron chi connectivity index (χ4n) is 4.28. The first kappa shape index (κ1) is 24.5. The normalized spacial score (nSPS) is 14.7. The number of halogens is 1. The van der Waals surface area contributed by atoms with Gasteiger partial charge in [0.05, 0.1) is 17.7 Å². The first-order chi connectivity index (χ1) is 15.1. The van der Waals surface area contributed by atoms with Crippen LogP contribution in [-0.4, -0.2) is 63.4 Å². The fourth-order valence-corrected chi connectivity index (χ4v) is 4.28. The van der Waals surface area contributed by atoms with Gasteiger partial charge < -0.3 is 38.9 Å². The molecule has 6 heteroatoms. The molecule has 0 bridgehead atoms. The van der Waals surface area contributed by atoms with Crippen molar-refractivity contribution in [3.05, 3.63) is 65.9 Å². The first-order valence-electron chi connectivity index (χ1n) is 11.0. The molecule has 170 valence electrons. The largest absolute Gasteiger partial charge is 1.00 e. The number of aliphatic hydroxyl groups excluding tert-OH is 1. The van der Waals surface area contributed by atoms with Crippen LogP contribution in [0, 0.1) is 0 Å². The van der Waals surface area contributed by atoms with Crippen molar-refractivity contribution in [2.45, 2.75) is 0 Å². The molecule has 1 aliphatic rings. The Hall–Kier alpha value is -2.16. The van der Waals surface area contributed by atoms with E-state index in [1.165, 1.54) is 33.5 Å². The van der Waals surface area contributed by atoms with Gasteiger partial charge in [0.15, 0.2) is 0 Å². The number of aryl methyl sites for hydroxylation is 1. The average molecular weight is 544 g/mol. The van der Waals surface area contributed by atoms with E-state index in [0.717, 1.165) is 32.7 Å². The van der Waals surface area contributed by atoms with E-state index in [2.05, 4.69) is 107 Å². The van der Waals surface area contributed by atoms with Gasteiger partial charge in [0, 0.05) is 70.7 Å². The smallest absolute Gasteiger partial charge is 0.214 e. The molecule has 32 heavy (non-hydrogen) atoms. The summed E-state index contributed by atoms with van der Waals surface area (Å²) >= 11 is 0. The zero-order chi connectivity index (χ0) is 21.8. The third kappa shape index (κ3) is 5.42. The molecule has 1 aromatic heterocycles. The van der Waals surface area contributed by atoms with Crippen LogP contribution in [-0.2, 0) is 7.05 Å². The highest BCUT2D eigenvalue weighted by molar-refractivity contribution is 5.91. The molecule has 0 amide bonds. The molecule has 0 unspecified atom stereocenters. The molecular formula is C26H33IN4O. The van der Waals surface area contributed by atoms with Crippen LogP contribution in [0.2, 0.25) is 0 Å². The van der Waals surface area contributed by atoms with Crippen molar-refractivity contribution < 1.29 is 33.7 Å². The molecule has 0 spiro atoms.